The van der Waals surface area contributed by atoms with E-state index in [0.717, 1.165) is 18.4 Å². The zero-order valence-electron chi connectivity index (χ0n) is 11.0. The number of fused-ring (bicyclic) bond motifs is 1. The average Bonchev–Trinajstić information content (AvgIpc) is 2.60. The standard InChI is InChI=1S/C14H28N2/c1-14(2,15)9-5-10-16-11-8-12-6-3-4-7-13(12)16/h12-13H,3-11,15H2,1-2H3. The molecule has 2 aliphatic rings. The van der Waals surface area contributed by atoms with E-state index >= 15 is 0 Å². The van der Waals surface area contributed by atoms with E-state index in [1.165, 1.54) is 51.6 Å². The Morgan fingerprint density at radius 1 is 1.19 bits per heavy atom. The summed E-state index contributed by atoms with van der Waals surface area (Å²) in [6.45, 7) is 6.91. The summed E-state index contributed by atoms with van der Waals surface area (Å²) in [4.78, 5) is 2.75. The van der Waals surface area contributed by atoms with Gasteiger partial charge in [0.15, 0.2) is 0 Å². The fourth-order valence-corrected chi connectivity index (χ4v) is 3.52. The fraction of sp³-hybridized carbons (Fsp3) is 1.00. The Kier molecular flexibility index (Phi) is 3.91. The van der Waals surface area contributed by atoms with E-state index < -0.39 is 0 Å². The molecule has 1 heterocycles. The molecule has 94 valence electrons. The highest BCUT2D eigenvalue weighted by atomic mass is 15.2. The maximum Gasteiger partial charge on any atom is 0.0124 e. The summed E-state index contributed by atoms with van der Waals surface area (Å²) in [6.07, 6.45) is 9.76. The zero-order chi connectivity index (χ0) is 11.6. The van der Waals surface area contributed by atoms with Crippen LogP contribution in [-0.4, -0.2) is 29.6 Å². The van der Waals surface area contributed by atoms with Gasteiger partial charge in [0, 0.05) is 11.6 Å². The molecule has 2 unspecified atom stereocenters. The summed E-state index contributed by atoms with van der Waals surface area (Å²) in [7, 11) is 0. The molecule has 2 heteroatoms. The maximum absolute atomic E-state index is 6.03. The van der Waals surface area contributed by atoms with Gasteiger partial charge < -0.3 is 10.6 Å². The summed E-state index contributed by atoms with van der Waals surface area (Å²) in [5.74, 6) is 1.03. The third kappa shape index (κ3) is 3.21. The van der Waals surface area contributed by atoms with Crippen molar-refractivity contribution in [3.8, 4) is 0 Å². The molecule has 2 nitrogen and oxygen atoms in total. The lowest BCUT2D eigenvalue weighted by Gasteiger charge is -2.32. The van der Waals surface area contributed by atoms with Crippen LogP contribution >= 0.6 is 0 Å². The van der Waals surface area contributed by atoms with Crippen molar-refractivity contribution in [2.75, 3.05) is 13.1 Å². The van der Waals surface area contributed by atoms with Gasteiger partial charge in [-0.3, -0.25) is 0 Å². The zero-order valence-corrected chi connectivity index (χ0v) is 11.0. The molecule has 2 N–H and O–H groups in total. The first-order valence-corrected chi connectivity index (χ1v) is 7.09. The SMILES string of the molecule is CC(C)(N)CCCN1CCC2CCCCC21. The molecule has 2 fully saturated rings. The van der Waals surface area contributed by atoms with Crippen LogP contribution in [0, 0.1) is 5.92 Å². The van der Waals surface area contributed by atoms with Crippen LogP contribution in [0.25, 0.3) is 0 Å². The van der Waals surface area contributed by atoms with Gasteiger partial charge in [0.05, 0.1) is 0 Å². The molecule has 1 aliphatic carbocycles. The van der Waals surface area contributed by atoms with Crippen LogP contribution < -0.4 is 5.73 Å². The van der Waals surface area contributed by atoms with E-state index in [-0.39, 0.29) is 5.54 Å². The first kappa shape index (κ1) is 12.4. The minimum absolute atomic E-state index is 0.0195. The van der Waals surface area contributed by atoms with Crippen molar-refractivity contribution in [3.05, 3.63) is 0 Å². The first-order valence-electron chi connectivity index (χ1n) is 7.09. The molecule has 2 rings (SSSR count). The molecule has 0 amide bonds. The lowest BCUT2D eigenvalue weighted by Crippen LogP contribution is -2.37. The van der Waals surface area contributed by atoms with Gasteiger partial charge in [0.1, 0.15) is 0 Å². The smallest absolute Gasteiger partial charge is 0.0124 e. The Labute approximate surface area is 101 Å². The molecule has 0 aromatic heterocycles. The van der Waals surface area contributed by atoms with Crippen LogP contribution in [-0.2, 0) is 0 Å². The molecule has 1 saturated carbocycles. The van der Waals surface area contributed by atoms with Crippen LogP contribution in [0.3, 0.4) is 0 Å². The van der Waals surface area contributed by atoms with Crippen LogP contribution in [0.1, 0.15) is 58.8 Å². The van der Waals surface area contributed by atoms with Crippen LogP contribution in [0.5, 0.6) is 0 Å². The molecule has 1 aliphatic heterocycles. The fourth-order valence-electron chi connectivity index (χ4n) is 3.52. The van der Waals surface area contributed by atoms with Gasteiger partial charge in [0.2, 0.25) is 0 Å². The van der Waals surface area contributed by atoms with Crippen molar-refractivity contribution in [1.82, 2.24) is 4.90 Å². The van der Waals surface area contributed by atoms with Crippen molar-refractivity contribution in [1.29, 1.82) is 0 Å². The number of nitrogens with zero attached hydrogens (tertiary/aromatic N) is 1. The highest BCUT2D eigenvalue weighted by molar-refractivity contribution is 4.89. The van der Waals surface area contributed by atoms with Crippen LogP contribution in [0.15, 0.2) is 0 Å². The monoisotopic (exact) mass is 224 g/mol. The molecule has 0 spiro atoms. The first-order chi connectivity index (χ1) is 7.56. The highest BCUT2D eigenvalue weighted by Gasteiger charge is 2.35. The Balaban J connectivity index is 1.74. The molecule has 0 radical (unpaired) electrons. The van der Waals surface area contributed by atoms with E-state index in [1.807, 2.05) is 0 Å². The Morgan fingerprint density at radius 2 is 1.94 bits per heavy atom. The van der Waals surface area contributed by atoms with Gasteiger partial charge in [0.25, 0.3) is 0 Å². The maximum atomic E-state index is 6.03. The second-order valence-corrected chi connectivity index (χ2v) is 6.53. The van der Waals surface area contributed by atoms with Gasteiger partial charge in [-0.15, -0.1) is 0 Å². The van der Waals surface area contributed by atoms with E-state index in [0.29, 0.717) is 0 Å². The Hall–Kier alpha value is -0.0800. The normalized spacial score (nSPS) is 31.7. The highest BCUT2D eigenvalue weighted by Crippen LogP contribution is 2.36. The van der Waals surface area contributed by atoms with E-state index in [1.54, 1.807) is 0 Å². The molecule has 1 saturated heterocycles. The lowest BCUT2D eigenvalue weighted by atomic mass is 9.85. The molecule has 0 bridgehead atoms. The Morgan fingerprint density at radius 3 is 2.69 bits per heavy atom. The van der Waals surface area contributed by atoms with Crippen molar-refractivity contribution in [2.45, 2.75) is 70.4 Å². The lowest BCUT2D eigenvalue weighted by molar-refractivity contribution is 0.177. The minimum Gasteiger partial charge on any atom is -0.326 e. The summed E-state index contributed by atoms with van der Waals surface area (Å²) >= 11 is 0. The minimum atomic E-state index is 0.0195. The van der Waals surface area contributed by atoms with E-state index in [9.17, 15) is 0 Å². The second kappa shape index (κ2) is 5.05. The van der Waals surface area contributed by atoms with Gasteiger partial charge in [-0.05, 0) is 65.0 Å². The molecule has 0 aromatic rings. The van der Waals surface area contributed by atoms with Gasteiger partial charge in [-0.2, -0.15) is 0 Å². The van der Waals surface area contributed by atoms with Crippen LogP contribution in [0.4, 0.5) is 0 Å². The molecular weight excluding hydrogens is 196 g/mol. The number of hydrogen-bond donors (Lipinski definition) is 1. The Bertz CT molecular complexity index is 219. The summed E-state index contributed by atoms with van der Waals surface area (Å²) < 4.78 is 0. The predicted molar refractivity (Wildman–Crippen MR) is 69.4 cm³/mol. The third-order valence-electron chi connectivity index (χ3n) is 4.39. The van der Waals surface area contributed by atoms with Gasteiger partial charge in [-0.1, -0.05) is 12.8 Å². The third-order valence-corrected chi connectivity index (χ3v) is 4.39. The number of rotatable bonds is 4. The quantitative estimate of drug-likeness (QED) is 0.795. The number of likely N-dealkylation sites (tertiary alicyclic amines) is 1. The number of hydrogen-bond acceptors (Lipinski definition) is 2. The van der Waals surface area contributed by atoms with E-state index in [4.69, 9.17) is 5.73 Å². The molecule has 16 heavy (non-hydrogen) atoms. The summed E-state index contributed by atoms with van der Waals surface area (Å²) in [5, 5.41) is 0. The van der Waals surface area contributed by atoms with Crippen molar-refractivity contribution >= 4 is 0 Å². The molecular formula is C14H28N2. The number of nitrogens with two attached hydrogens (primary N) is 1. The predicted octanol–water partition coefficient (Wildman–Crippen LogP) is 2.77. The molecule has 2 atom stereocenters. The average molecular weight is 224 g/mol. The molecule has 0 aromatic carbocycles. The van der Waals surface area contributed by atoms with E-state index in [2.05, 4.69) is 18.7 Å². The largest absolute Gasteiger partial charge is 0.326 e. The topological polar surface area (TPSA) is 29.3 Å². The summed E-state index contributed by atoms with van der Waals surface area (Å²) in [6, 6.07) is 0.926. The van der Waals surface area contributed by atoms with Crippen molar-refractivity contribution < 1.29 is 0 Å². The van der Waals surface area contributed by atoms with Crippen LogP contribution in [0.2, 0.25) is 0 Å². The van der Waals surface area contributed by atoms with Gasteiger partial charge >= 0.3 is 0 Å². The van der Waals surface area contributed by atoms with Gasteiger partial charge in [-0.25, -0.2) is 0 Å². The second-order valence-electron chi connectivity index (χ2n) is 6.53. The van der Waals surface area contributed by atoms with Crippen molar-refractivity contribution in [3.63, 3.8) is 0 Å². The van der Waals surface area contributed by atoms with Crippen molar-refractivity contribution in [2.24, 2.45) is 11.7 Å². The summed E-state index contributed by atoms with van der Waals surface area (Å²) in [5.41, 5.74) is 6.05.